The minimum Gasteiger partial charge on any atom is -0.314 e. The molecular formula is C14H21FN2. The van der Waals surface area contributed by atoms with E-state index in [0.717, 1.165) is 31.6 Å². The molecule has 0 radical (unpaired) electrons. The van der Waals surface area contributed by atoms with Gasteiger partial charge in [0.05, 0.1) is 0 Å². The van der Waals surface area contributed by atoms with Crippen LogP contribution < -0.4 is 5.32 Å². The Bertz CT molecular complexity index is 361. The van der Waals surface area contributed by atoms with Gasteiger partial charge in [-0.1, -0.05) is 18.2 Å². The molecule has 1 saturated heterocycles. The van der Waals surface area contributed by atoms with Gasteiger partial charge in [0.1, 0.15) is 5.82 Å². The van der Waals surface area contributed by atoms with Crippen molar-refractivity contribution >= 4 is 0 Å². The van der Waals surface area contributed by atoms with Crippen LogP contribution in [0, 0.1) is 5.82 Å². The van der Waals surface area contributed by atoms with Crippen LogP contribution in [0.5, 0.6) is 0 Å². The van der Waals surface area contributed by atoms with Crippen molar-refractivity contribution in [3.63, 3.8) is 0 Å². The molecule has 0 unspecified atom stereocenters. The van der Waals surface area contributed by atoms with Crippen molar-refractivity contribution in [1.29, 1.82) is 0 Å². The highest BCUT2D eigenvalue weighted by Gasteiger charge is 2.26. The lowest BCUT2D eigenvalue weighted by molar-refractivity contribution is 0.112. The molecule has 1 fully saturated rings. The van der Waals surface area contributed by atoms with Gasteiger partial charge in [0.2, 0.25) is 0 Å². The number of nitrogens with zero attached hydrogens (tertiary/aromatic N) is 1. The van der Waals surface area contributed by atoms with Crippen molar-refractivity contribution in [2.75, 3.05) is 19.6 Å². The van der Waals surface area contributed by atoms with Crippen molar-refractivity contribution in [2.24, 2.45) is 0 Å². The molecule has 0 saturated carbocycles. The van der Waals surface area contributed by atoms with Crippen molar-refractivity contribution in [3.05, 3.63) is 35.6 Å². The van der Waals surface area contributed by atoms with E-state index >= 15 is 0 Å². The largest absolute Gasteiger partial charge is 0.314 e. The minimum atomic E-state index is -0.0806. The molecule has 94 valence electrons. The summed E-state index contributed by atoms with van der Waals surface area (Å²) in [5.74, 6) is -0.0806. The SMILES string of the molecule is CC(C)N(CCc1ccccc1F)C1CNC1. The quantitative estimate of drug-likeness (QED) is 0.841. The molecule has 1 aliphatic rings. The van der Waals surface area contributed by atoms with Gasteiger partial charge in [0.15, 0.2) is 0 Å². The number of benzene rings is 1. The Kier molecular flexibility index (Phi) is 4.13. The fourth-order valence-corrected chi connectivity index (χ4v) is 2.32. The summed E-state index contributed by atoms with van der Waals surface area (Å²) < 4.78 is 13.5. The van der Waals surface area contributed by atoms with Crippen LogP contribution in [0.3, 0.4) is 0 Å². The minimum absolute atomic E-state index is 0.0806. The molecule has 1 aromatic rings. The van der Waals surface area contributed by atoms with E-state index in [0.29, 0.717) is 12.1 Å². The topological polar surface area (TPSA) is 15.3 Å². The van der Waals surface area contributed by atoms with E-state index in [1.807, 2.05) is 12.1 Å². The Balaban J connectivity index is 1.93. The highest BCUT2D eigenvalue weighted by Crippen LogP contribution is 2.13. The van der Waals surface area contributed by atoms with Crippen LogP contribution in [0.4, 0.5) is 4.39 Å². The third-order valence-corrected chi connectivity index (χ3v) is 3.49. The number of nitrogens with one attached hydrogen (secondary N) is 1. The van der Waals surface area contributed by atoms with Gasteiger partial charge in [-0.05, 0) is 31.9 Å². The van der Waals surface area contributed by atoms with E-state index in [1.54, 1.807) is 12.1 Å². The first-order valence-corrected chi connectivity index (χ1v) is 6.38. The maximum Gasteiger partial charge on any atom is 0.126 e. The third-order valence-electron chi connectivity index (χ3n) is 3.49. The molecule has 2 rings (SSSR count). The van der Waals surface area contributed by atoms with Gasteiger partial charge in [-0.3, -0.25) is 4.90 Å². The lowest BCUT2D eigenvalue weighted by atomic mass is 10.1. The average molecular weight is 236 g/mol. The zero-order chi connectivity index (χ0) is 12.3. The fraction of sp³-hybridized carbons (Fsp3) is 0.571. The maximum atomic E-state index is 13.5. The first-order valence-electron chi connectivity index (χ1n) is 6.38. The Labute approximate surface area is 103 Å². The van der Waals surface area contributed by atoms with Gasteiger partial charge in [0, 0.05) is 31.7 Å². The molecular weight excluding hydrogens is 215 g/mol. The Morgan fingerprint density at radius 1 is 1.35 bits per heavy atom. The van der Waals surface area contributed by atoms with Crippen molar-refractivity contribution < 1.29 is 4.39 Å². The summed E-state index contributed by atoms with van der Waals surface area (Å²) in [5.41, 5.74) is 0.824. The van der Waals surface area contributed by atoms with E-state index in [9.17, 15) is 4.39 Å². The van der Waals surface area contributed by atoms with Gasteiger partial charge in [0.25, 0.3) is 0 Å². The van der Waals surface area contributed by atoms with Gasteiger partial charge in [-0.2, -0.15) is 0 Å². The highest BCUT2D eigenvalue weighted by atomic mass is 19.1. The van der Waals surface area contributed by atoms with Gasteiger partial charge >= 0.3 is 0 Å². The first-order chi connectivity index (χ1) is 8.18. The average Bonchev–Trinajstić information content (AvgIpc) is 2.23. The van der Waals surface area contributed by atoms with Crippen molar-refractivity contribution in [1.82, 2.24) is 10.2 Å². The van der Waals surface area contributed by atoms with Gasteiger partial charge < -0.3 is 5.32 Å². The number of hydrogen-bond donors (Lipinski definition) is 1. The lowest BCUT2D eigenvalue weighted by Gasteiger charge is -2.41. The molecule has 17 heavy (non-hydrogen) atoms. The molecule has 1 heterocycles. The van der Waals surface area contributed by atoms with Crippen LogP contribution in [0.1, 0.15) is 19.4 Å². The fourth-order valence-electron chi connectivity index (χ4n) is 2.32. The second kappa shape index (κ2) is 5.61. The smallest absolute Gasteiger partial charge is 0.126 e. The molecule has 0 spiro atoms. The van der Waals surface area contributed by atoms with E-state index in [4.69, 9.17) is 0 Å². The lowest BCUT2D eigenvalue weighted by Crippen LogP contribution is -2.59. The number of halogens is 1. The molecule has 3 heteroatoms. The second-order valence-electron chi connectivity index (χ2n) is 4.99. The van der Waals surface area contributed by atoms with E-state index in [1.165, 1.54) is 0 Å². The Morgan fingerprint density at radius 2 is 2.06 bits per heavy atom. The number of hydrogen-bond acceptors (Lipinski definition) is 2. The Morgan fingerprint density at radius 3 is 2.59 bits per heavy atom. The molecule has 0 amide bonds. The van der Waals surface area contributed by atoms with Crippen LogP contribution in [-0.2, 0) is 6.42 Å². The van der Waals surface area contributed by atoms with E-state index in [-0.39, 0.29) is 5.82 Å². The molecule has 0 aliphatic carbocycles. The summed E-state index contributed by atoms with van der Waals surface area (Å²) in [5, 5.41) is 3.29. The van der Waals surface area contributed by atoms with Crippen LogP contribution in [0.15, 0.2) is 24.3 Å². The predicted molar refractivity (Wildman–Crippen MR) is 68.6 cm³/mol. The third kappa shape index (κ3) is 3.05. The maximum absolute atomic E-state index is 13.5. The monoisotopic (exact) mass is 236 g/mol. The summed E-state index contributed by atoms with van der Waals surface area (Å²) in [7, 11) is 0. The predicted octanol–water partition coefficient (Wildman–Crippen LogP) is 2.05. The molecule has 0 atom stereocenters. The van der Waals surface area contributed by atoms with Crippen molar-refractivity contribution in [3.8, 4) is 0 Å². The number of rotatable bonds is 5. The standard InChI is InChI=1S/C14H21FN2/c1-11(2)17(13-9-16-10-13)8-7-12-5-3-4-6-14(12)15/h3-6,11,13,16H,7-10H2,1-2H3. The summed E-state index contributed by atoms with van der Waals surface area (Å²) in [4.78, 5) is 2.46. The Hall–Kier alpha value is -0.930. The second-order valence-corrected chi connectivity index (χ2v) is 4.99. The molecule has 1 N–H and O–H groups in total. The van der Waals surface area contributed by atoms with Crippen LogP contribution in [0.25, 0.3) is 0 Å². The molecule has 0 aromatic heterocycles. The summed E-state index contributed by atoms with van der Waals surface area (Å²) >= 11 is 0. The van der Waals surface area contributed by atoms with Crippen LogP contribution >= 0.6 is 0 Å². The zero-order valence-electron chi connectivity index (χ0n) is 10.6. The van der Waals surface area contributed by atoms with Crippen LogP contribution in [0.2, 0.25) is 0 Å². The van der Waals surface area contributed by atoms with E-state index < -0.39 is 0 Å². The highest BCUT2D eigenvalue weighted by molar-refractivity contribution is 5.17. The summed E-state index contributed by atoms with van der Waals surface area (Å²) in [6.07, 6.45) is 0.793. The van der Waals surface area contributed by atoms with E-state index in [2.05, 4.69) is 24.1 Å². The van der Waals surface area contributed by atoms with Gasteiger partial charge in [-0.15, -0.1) is 0 Å². The van der Waals surface area contributed by atoms with Crippen LogP contribution in [-0.4, -0.2) is 36.6 Å². The van der Waals surface area contributed by atoms with Gasteiger partial charge in [-0.25, -0.2) is 4.39 Å². The molecule has 0 bridgehead atoms. The summed E-state index contributed by atoms with van der Waals surface area (Å²) in [6.45, 7) is 7.48. The molecule has 2 nitrogen and oxygen atoms in total. The zero-order valence-corrected chi connectivity index (χ0v) is 10.6. The summed E-state index contributed by atoms with van der Waals surface area (Å²) in [6, 6.07) is 8.22. The molecule has 1 aromatic carbocycles. The van der Waals surface area contributed by atoms with Crippen molar-refractivity contribution in [2.45, 2.75) is 32.4 Å². The normalized spacial score (nSPS) is 16.5. The molecule has 1 aliphatic heterocycles. The first kappa shape index (κ1) is 12.5.